The summed E-state index contributed by atoms with van der Waals surface area (Å²) in [7, 11) is 0. The molecule has 3 fully saturated rings. The molecule has 0 amide bonds. The van der Waals surface area contributed by atoms with E-state index in [1.165, 1.54) is 18.2 Å². The fourth-order valence-electron chi connectivity index (χ4n) is 5.52. The molecule has 0 bridgehead atoms. The third-order valence-corrected chi connectivity index (χ3v) is 7.01. The summed E-state index contributed by atoms with van der Waals surface area (Å²) in [5.41, 5.74) is 0.860. The van der Waals surface area contributed by atoms with Crippen molar-refractivity contribution in [3.05, 3.63) is 47.8 Å². The summed E-state index contributed by atoms with van der Waals surface area (Å²) in [4.78, 5) is 24.6. The van der Waals surface area contributed by atoms with Crippen LogP contribution >= 0.6 is 0 Å². The van der Waals surface area contributed by atoms with Crippen LogP contribution in [0.4, 0.5) is 4.39 Å². The minimum absolute atomic E-state index is 0.0489. The average Bonchev–Trinajstić information content (AvgIpc) is 2.91. The first kappa shape index (κ1) is 18.2. The van der Waals surface area contributed by atoms with Crippen LogP contribution < -0.4 is 0 Å². The zero-order valence-corrected chi connectivity index (χ0v) is 15.7. The zero-order valence-electron chi connectivity index (χ0n) is 15.7. The van der Waals surface area contributed by atoms with E-state index in [9.17, 15) is 14.0 Å². The summed E-state index contributed by atoms with van der Waals surface area (Å²) < 4.78 is 24.9. The zero-order chi connectivity index (χ0) is 19.3. The molecule has 5 heteroatoms. The summed E-state index contributed by atoms with van der Waals surface area (Å²) in [6.07, 6.45) is 3.16. The summed E-state index contributed by atoms with van der Waals surface area (Å²) in [5, 5.41) is 0. The van der Waals surface area contributed by atoms with Gasteiger partial charge in [0.15, 0.2) is 0 Å². The Balaban J connectivity index is 1.55. The number of halogens is 1. The highest BCUT2D eigenvalue weighted by atomic mass is 19.1. The number of carbonyl (C=O) groups excluding carboxylic acids is 2. The van der Waals surface area contributed by atoms with E-state index in [0.29, 0.717) is 5.57 Å². The Kier molecular flexibility index (Phi) is 4.36. The van der Waals surface area contributed by atoms with Gasteiger partial charge in [0.25, 0.3) is 0 Å². The van der Waals surface area contributed by atoms with Crippen LogP contribution in [0.25, 0.3) is 0 Å². The molecule has 0 N–H and O–H groups in total. The summed E-state index contributed by atoms with van der Waals surface area (Å²) in [6, 6.07) is 5.55. The van der Waals surface area contributed by atoms with E-state index in [1.54, 1.807) is 6.07 Å². The molecule has 1 aromatic carbocycles. The maximum absolute atomic E-state index is 13.4. The number of benzene rings is 1. The van der Waals surface area contributed by atoms with Gasteiger partial charge in [0, 0.05) is 23.3 Å². The summed E-state index contributed by atoms with van der Waals surface area (Å²) in [6.45, 7) is 8.25. The monoisotopic (exact) mass is 372 g/mol. The number of carbonyl (C=O) groups is 2. The van der Waals surface area contributed by atoms with Gasteiger partial charge in [0.1, 0.15) is 18.0 Å². The predicted octanol–water partition coefficient (Wildman–Crippen LogP) is 4.30. The molecular weight excluding hydrogens is 347 g/mol. The molecule has 3 aliphatic rings. The van der Waals surface area contributed by atoms with Crippen molar-refractivity contribution in [1.29, 1.82) is 0 Å². The van der Waals surface area contributed by atoms with Crippen LogP contribution in [0.5, 0.6) is 0 Å². The highest BCUT2D eigenvalue weighted by Gasteiger charge is 2.58. The first-order valence-electron chi connectivity index (χ1n) is 9.66. The molecule has 144 valence electrons. The molecular formula is C22H25FO4. The number of esters is 2. The van der Waals surface area contributed by atoms with E-state index in [4.69, 9.17) is 9.47 Å². The molecule has 4 nitrogen and oxygen atoms in total. The van der Waals surface area contributed by atoms with Gasteiger partial charge in [-0.1, -0.05) is 26.5 Å². The third-order valence-electron chi connectivity index (χ3n) is 7.01. The Morgan fingerprint density at radius 2 is 2.07 bits per heavy atom. The molecule has 2 saturated carbocycles. The average molecular weight is 372 g/mol. The Morgan fingerprint density at radius 3 is 2.81 bits per heavy atom. The van der Waals surface area contributed by atoms with Crippen LogP contribution in [0.1, 0.15) is 49.9 Å². The van der Waals surface area contributed by atoms with Crippen LogP contribution in [0.15, 0.2) is 36.4 Å². The van der Waals surface area contributed by atoms with E-state index >= 15 is 0 Å². The van der Waals surface area contributed by atoms with Gasteiger partial charge < -0.3 is 9.47 Å². The van der Waals surface area contributed by atoms with Crippen molar-refractivity contribution < 1.29 is 23.5 Å². The van der Waals surface area contributed by atoms with E-state index < -0.39 is 11.8 Å². The molecule has 0 spiro atoms. The SMILES string of the molecule is C=C1C(=O)O[C@@H]2C3[C@@H](C)[C@@H](OC(=O)c4cccc(F)c4)CC[C@]3(C)CC[C@@H]12. The van der Waals surface area contributed by atoms with Crippen LogP contribution in [0.3, 0.4) is 0 Å². The predicted molar refractivity (Wildman–Crippen MR) is 97.3 cm³/mol. The van der Waals surface area contributed by atoms with Crippen molar-refractivity contribution in [3.63, 3.8) is 0 Å². The van der Waals surface area contributed by atoms with Crippen LogP contribution in [-0.4, -0.2) is 24.1 Å². The molecule has 1 aliphatic heterocycles. The molecule has 0 radical (unpaired) electrons. The fraction of sp³-hybridized carbons (Fsp3) is 0.545. The minimum atomic E-state index is -0.505. The van der Waals surface area contributed by atoms with E-state index in [0.717, 1.165) is 25.7 Å². The smallest absolute Gasteiger partial charge is 0.338 e. The van der Waals surface area contributed by atoms with E-state index in [-0.39, 0.29) is 46.9 Å². The van der Waals surface area contributed by atoms with Crippen LogP contribution in [-0.2, 0) is 14.3 Å². The van der Waals surface area contributed by atoms with Gasteiger partial charge in [-0.15, -0.1) is 0 Å². The normalized spacial score (nSPS) is 38.0. The molecule has 27 heavy (non-hydrogen) atoms. The van der Waals surface area contributed by atoms with Gasteiger partial charge in [-0.3, -0.25) is 0 Å². The second kappa shape index (κ2) is 6.47. The summed E-state index contributed by atoms with van der Waals surface area (Å²) >= 11 is 0. The number of hydrogen-bond acceptors (Lipinski definition) is 4. The van der Waals surface area contributed by atoms with Crippen LogP contribution in [0.2, 0.25) is 0 Å². The molecule has 1 saturated heterocycles. The quantitative estimate of drug-likeness (QED) is 0.574. The Bertz CT molecular complexity index is 803. The van der Waals surface area contributed by atoms with Gasteiger partial charge in [-0.2, -0.15) is 0 Å². The molecule has 1 unspecified atom stereocenters. The van der Waals surface area contributed by atoms with Crippen molar-refractivity contribution in [2.45, 2.75) is 51.7 Å². The third kappa shape index (κ3) is 2.97. The molecule has 0 aromatic heterocycles. The second-order valence-corrected chi connectivity index (χ2v) is 8.57. The van der Waals surface area contributed by atoms with Crippen molar-refractivity contribution >= 4 is 11.9 Å². The molecule has 1 heterocycles. The standard InChI is InChI=1S/C22H25FO4/c1-12-16-7-9-22(3)10-8-17(13(2)18(22)19(16)27-20(12)24)26-21(25)14-5-4-6-15(23)11-14/h4-6,11,13,16-19H,1,7-10H2,2-3H3/t13-,16-,17-,18?,19-,22-/m0/s1. The summed E-state index contributed by atoms with van der Waals surface area (Å²) in [5.74, 6) is -1.02. The van der Waals surface area contributed by atoms with Gasteiger partial charge >= 0.3 is 11.9 Å². The Labute approximate surface area is 158 Å². The minimum Gasteiger partial charge on any atom is -0.458 e. The first-order chi connectivity index (χ1) is 12.8. The van der Waals surface area contributed by atoms with Crippen molar-refractivity contribution in [2.24, 2.45) is 23.2 Å². The largest absolute Gasteiger partial charge is 0.458 e. The van der Waals surface area contributed by atoms with E-state index in [2.05, 4.69) is 20.4 Å². The topological polar surface area (TPSA) is 52.6 Å². The second-order valence-electron chi connectivity index (χ2n) is 8.57. The van der Waals surface area contributed by atoms with Gasteiger partial charge in [0.05, 0.1) is 5.56 Å². The maximum atomic E-state index is 13.4. The van der Waals surface area contributed by atoms with Crippen LogP contribution in [0, 0.1) is 29.0 Å². The van der Waals surface area contributed by atoms with E-state index in [1.807, 2.05) is 0 Å². The van der Waals surface area contributed by atoms with Gasteiger partial charge in [0.2, 0.25) is 0 Å². The van der Waals surface area contributed by atoms with Crippen molar-refractivity contribution in [2.75, 3.05) is 0 Å². The lowest BCUT2D eigenvalue weighted by atomic mass is 9.53. The van der Waals surface area contributed by atoms with Crippen molar-refractivity contribution in [3.8, 4) is 0 Å². The molecule has 2 aliphatic carbocycles. The van der Waals surface area contributed by atoms with Crippen molar-refractivity contribution in [1.82, 2.24) is 0 Å². The molecule has 4 rings (SSSR count). The lowest BCUT2D eigenvalue weighted by Gasteiger charge is -2.54. The lowest BCUT2D eigenvalue weighted by Crippen LogP contribution is -2.53. The van der Waals surface area contributed by atoms with Gasteiger partial charge in [-0.05, 0) is 49.3 Å². The number of rotatable bonds is 2. The highest BCUT2D eigenvalue weighted by molar-refractivity contribution is 5.91. The lowest BCUT2D eigenvalue weighted by molar-refractivity contribution is -0.159. The number of hydrogen-bond donors (Lipinski definition) is 0. The fourth-order valence-corrected chi connectivity index (χ4v) is 5.52. The molecule has 1 aromatic rings. The number of ether oxygens (including phenoxy) is 2. The highest BCUT2D eigenvalue weighted by Crippen LogP contribution is 2.58. The maximum Gasteiger partial charge on any atom is 0.338 e. The first-order valence-corrected chi connectivity index (χ1v) is 9.66. The Morgan fingerprint density at radius 1 is 1.33 bits per heavy atom. The van der Waals surface area contributed by atoms with Gasteiger partial charge in [-0.25, -0.2) is 14.0 Å². The number of fused-ring (bicyclic) bond motifs is 3. The molecule has 6 atom stereocenters. The Hall–Kier alpha value is -2.17.